The number of halogens is 1. The van der Waals surface area contributed by atoms with E-state index in [9.17, 15) is 4.79 Å². The van der Waals surface area contributed by atoms with Crippen molar-refractivity contribution in [2.45, 2.75) is 72.6 Å². The van der Waals surface area contributed by atoms with Crippen molar-refractivity contribution in [1.82, 2.24) is 9.30 Å². The standard InChI is InChI=1S/C30H41BrN2O2/c1-5-8-17-32(18-9-6-2)19-12-21-35-28-16-15-24(22-26(28)31)30(34)29-25(13-7-3)23(4)27-14-10-11-20-33(27)29/h10-11,14-16,20,22H,5-9,12-13,17-19,21H2,1-4H3. The first-order valence-electron chi connectivity index (χ1n) is 13.3. The highest BCUT2D eigenvalue weighted by atomic mass is 79.9. The smallest absolute Gasteiger partial charge is 0.210 e. The van der Waals surface area contributed by atoms with Gasteiger partial charge in [0.2, 0.25) is 5.78 Å². The summed E-state index contributed by atoms with van der Waals surface area (Å²) in [5, 5.41) is 0. The minimum Gasteiger partial charge on any atom is -0.492 e. The molecule has 0 bridgehead atoms. The summed E-state index contributed by atoms with van der Waals surface area (Å²) < 4.78 is 8.95. The molecule has 0 aliphatic heterocycles. The molecule has 35 heavy (non-hydrogen) atoms. The van der Waals surface area contributed by atoms with Gasteiger partial charge in [0.1, 0.15) is 5.75 Å². The van der Waals surface area contributed by atoms with Crippen LogP contribution in [0.3, 0.4) is 0 Å². The van der Waals surface area contributed by atoms with Gasteiger partial charge in [-0.05, 0) is 103 Å². The highest BCUT2D eigenvalue weighted by molar-refractivity contribution is 9.10. The van der Waals surface area contributed by atoms with Gasteiger partial charge in [-0.2, -0.15) is 0 Å². The Bertz CT molecular complexity index is 1100. The fourth-order valence-corrected chi connectivity index (χ4v) is 5.18. The Hall–Kier alpha value is -2.11. The van der Waals surface area contributed by atoms with Crippen molar-refractivity contribution in [1.29, 1.82) is 0 Å². The van der Waals surface area contributed by atoms with Crippen molar-refractivity contribution in [3.8, 4) is 5.75 Å². The number of hydrogen-bond acceptors (Lipinski definition) is 3. The van der Waals surface area contributed by atoms with E-state index in [1.807, 2.05) is 40.9 Å². The minimum absolute atomic E-state index is 0.0532. The fourth-order valence-electron chi connectivity index (χ4n) is 4.69. The zero-order valence-electron chi connectivity index (χ0n) is 21.9. The SMILES string of the molecule is CCCCN(CCCC)CCCOc1ccc(C(=O)c2c(CCC)c(C)c3ccccn23)cc1Br. The molecule has 3 aromatic rings. The van der Waals surface area contributed by atoms with Crippen LogP contribution in [-0.2, 0) is 6.42 Å². The number of rotatable bonds is 15. The van der Waals surface area contributed by atoms with E-state index in [1.165, 1.54) is 44.3 Å². The van der Waals surface area contributed by atoms with E-state index in [1.54, 1.807) is 0 Å². The third-order valence-electron chi connectivity index (χ3n) is 6.66. The average Bonchev–Trinajstić information content (AvgIpc) is 3.15. The molecule has 0 saturated carbocycles. The molecule has 2 aromatic heterocycles. The molecule has 0 spiro atoms. The molecule has 5 heteroatoms. The summed E-state index contributed by atoms with van der Waals surface area (Å²) >= 11 is 3.65. The van der Waals surface area contributed by atoms with E-state index < -0.39 is 0 Å². The number of aryl methyl sites for hydroxylation is 1. The van der Waals surface area contributed by atoms with Crippen LogP contribution in [0.15, 0.2) is 47.1 Å². The van der Waals surface area contributed by atoms with Crippen LogP contribution in [-0.4, -0.2) is 41.3 Å². The van der Waals surface area contributed by atoms with Crippen LogP contribution in [0.4, 0.5) is 0 Å². The van der Waals surface area contributed by atoms with Gasteiger partial charge in [0.05, 0.1) is 16.8 Å². The first kappa shape index (κ1) is 27.5. The number of nitrogens with zero attached hydrogens (tertiary/aromatic N) is 2. The number of carbonyl (C=O) groups is 1. The molecular formula is C30H41BrN2O2. The topological polar surface area (TPSA) is 34.0 Å². The van der Waals surface area contributed by atoms with E-state index in [2.05, 4.69) is 54.6 Å². The van der Waals surface area contributed by atoms with E-state index >= 15 is 0 Å². The quantitative estimate of drug-likeness (QED) is 0.145. The molecule has 0 N–H and O–H groups in total. The monoisotopic (exact) mass is 540 g/mol. The van der Waals surface area contributed by atoms with Gasteiger partial charge in [0.25, 0.3) is 0 Å². The van der Waals surface area contributed by atoms with Crippen LogP contribution in [0.2, 0.25) is 0 Å². The van der Waals surface area contributed by atoms with Crippen molar-refractivity contribution >= 4 is 27.2 Å². The zero-order chi connectivity index (χ0) is 25.2. The molecule has 0 radical (unpaired) electrons. The van der Waals surface area contributed by atoms with Gasteiger partial charge < -0.3 is 14.0 Å². The lowest BCUT2D eigenvalue weighted by molar-refractivity contribution is 0.103. The van der Waals surface area contributed by atoms with Crippen LogP contribution >= 0.6 is 15.9 Å². The molecule has 0 amide bonds. The van der Waals surface area contributed by atoms with Crippen molar-refractivity contribution in [2.75, 3.05) is 26.2 Å². The lowest BCUT2D eigenvalue weighted by atomic mass is 10.00. The summed E-state index contributed by atoms with van der Waals surface area (Å²) in [4.78, 5) is 16.2. The van der Waals surface area contributed by atoms with E-state index in [0.717, 1.165) is 52.8 Å². The number of benzene rings is 1. The van der Waals surface area contributed by atoms with Crippen molar-refractivity contribution in [3.63, 3.8) is 0 Å². The highest BCUT2D eigenvalue weighted by Crippen LogP contribution is 2.30. The molecule has 0 unspecified atom stereocenters. The van der Waals surface area contributed by atoms with Gasteiger partial charge in [0, 0.05) is 23.8 Å². The second kappa shape index (κ2) is 13.8. The Morgan fingerprint density at radius 1 is 0.971 bits per heavy atom. The molecule has 0 fully saturated rings. The number of carbonyl (C=O) groups excluding carboxylic acids is 1. The Labute approximate surface area is 219 Å². The Kier molecular flexibility index (Phi) is 10.9. The lowest BCUT2D eigenvalue weighted by Crippen LogP contribution is -2.28. The molecule has 190 valence electrons. The van der Waals surface area contributed by atoms with E-state index in [-0.39, 0.29) is 5.78 Å². The molecule has 1 aromatic carbocycles. The summed E-state index contributed by atoms with van der Waals surface area (Å²) in [7, 11) is 0. The summed E-state index contributed by atoms with van der Waals surface area (Å²) in [5.74, 6) is 0.845. The lowest BCUT2D eigenvalue weighted by Gasteiger charge is -2.22. The van der Waals surface area contributed by atoms with Crippen molar-refractivity contribution in [3.05, 3.63) is 69.5 Å². The molecule has 0 atom stereocenters. The van der Waals surface area contributed by atoms with Crippen LogP contribution in [0.1, 0.15) is 86.5 Å². The number of pyridine rings is 1. The second-order valence-corrected chi connectivity index (χ2v) is 10.2. The molecule has 3 rings (SSSR count). The third kappa shape index (κ3) is 6.98. The summed E-state index contributed by atoms with van der Waals surface area (Å²) in [6.45, 7) is 12.9. The predicted molar refractivity (Wildman–Crippen MR) is 150 cm³/mol. The molecule has 0 aliphatic rings. The Morgan fingerprint density at radius 2 is 1.69 bits per heavy atom. The van der Waals surface area contributed by atoms with Crippen LogP contribution in [0.5, 0.6) is 5.75 Å². The number of hydrogen-bond donors (Lipinski definition) is 0. The second-order valence-electron chi connectivity index (χ2n) is 9.38. The minimum atomic E-state index is 0.0532. The Morgan fingerprint density at radius 3 is 2.34 bits per heavy atom. The van der Waals surface area contributed by atoms with Crippen molar-refractivity contribution in [2.24, 2.45) is 0 Å². The van der Waals surface area contributed by atoms with E-state index in [4.69, 9.17) is 4.74 Å². The summed E-state index contributed by atoms with van der Waals surface area (Å²) in [6.07, 6.45) is 9.85. The van der Waals surface area contributed by atoms with E-state index in [0.29, 0.717) is 12.2 Å². The average molecular weight is 542 g/mol. The maximum absolute atomic E-state index is 13.7. The normalized spacial score (nSPS) is 11.5. The van der Waals surface area contributed by atoms with Gasteiger partial charge in [-0.25, -0.2) is 0 Å². The molecule has 4 nitrogen and oxygen atoms in total. The first-order valence-corrected chi connectivity index (χ1v) is 14.1. The molecular weight excluding hydrogens is 500 g/mol. The highest BCUT2D eigenvalue weighted by Gasteiger charge is 2.22. The third-order valence-corrected chi connectivity index (χ3v) is 7.28. The number of aromatic nitrogens is 1. The number of fused-ring (bicyclic) bond motifs is 1. The summed E-state index contributed by atoms with van der Waals surface area (Å²) in [5.41, 5.74) is 4.90. The van der Waals surface area contributed by atoms with Crippen molar-refractivity contribution < 1.29 is 9.53 Å². The molecule has 2 heterocycles. The largest absolute Gasteiger partial charge is 0.492 e. The Balaban J connectivity index is 1.69. The number of unbranched alkanes of at least 4 members (excludes halogenated alkanes) is 2. The van der Waals surface area contributed by atoms with Gasteiger partial charge in [-0.3, -0.25) is 4.79 Å². The van der Waals surface area contributed by atoms with Crippen LogP contribution in [0, 0.1) is 6.92 Å². The summed E-state index contributed by atoms with van der Waals surface area (Å²) in [6, 6.07) is 11.8. The number of ketones is 1. The maximum atomic E-state index is 13.7. The van der Waals surface area contributed by atoms with Gasteiger partial charge >= 0.3 is 0 Å². The van der Waals surface area contributed by atoms with Gasteiger partial charge in [-0.15, -0.1) is 0 Å². The van der Waals surface area contributed by atoms with Crippen LogP contribution < -0.4 is 4.74 Å². The first-order chi connectivity index (χ1) is 17.0. The predicted octanol–water partition coefficient (Wildman–Crippen LogP) is 7.86. The van der Waals surface area contributed by atoms with Crippen LogP contribution in [0.25, 0.3) is 5.52 Å². The maximum Gasteiger partial charge on any atom is 0.210 e. The fraction of sp³-hybridized carbons (Fsp3) is 0.500. The van der Waals surface area contributed by atoms with Gasteiger partial charge in [-0.1, -0.05) is 46.1 Å². The number of ether oxygens (including phenoxy) is 1. The molecule has 0 saturated heterocycles. The van der Waals surface area contributed by atoms with Gasteiger partial charge in [0.15, 0.2) is 0 Å². The zero-order valence-corrected chi connectivity index (χ0v) is 23.5. The molecule has 0 aliphatic carbocycles.